The first-order valence-electron chi connectivity index (χ1n) is 8.35. The Bertz CT molecular complexity index is 1010. The average Bonchev–Trinajstić information content (AvgIpc) is 3.16. The molecule has 3 aromatic rings. The van der Waals surface area contributed by atoms with Gasteiger partial charge in [-0.25, -0.2) is 5.43 Å². The fourth-order valence-electron chi connectivity index (χ4n) is 2.55. The van der Waals surface area contributed by atoms with E-state index < -0.39 is 4.92 Å². The number of carbonyl (C=O) groups excluding carboxylic acids is 1. The SMILES string of the molecule is COc1cc([N+](=O)[O-])ccc1-c1ccc(/C=N/NC(=O)Cc2ccccc2)o1. The van der Waals surface area contributed by atoms with Crippen LogP contribution >= 0.6 is 0 Å². The Morgan fingerprint density at radius 2 is 2.00 bits per heavy atom. The molecule has 0 atom stereocenters. The first-order chi connectivity index (χ1) is 13.6. The Labute approximate surface area is 160 Å². The second-order valence-electron chi connectivity index (χ2n) is 5.80. The number of nitrogens with one attached hydrogen (secondary N) is 1. The van der Waals surface area contributed by atoms with Crippen molar-refractivity contribution in [1.29, 1.82) is 0 Å². The van der Waals surface area contributed by atoms with E-state index >= 15 is 0 Å². The van der Waals surface area contributed by atoms with E-state index in [1.807, 2.05) is 30.3 Å². The lowest BCUT2D eigenvalue weighted by atomic mass is 10.1. The number of methoxy groups -OCH3 is 1. The van der Waals surface area contributed by atoms with Gasteiger partial charge >= 0.3 is 0 Å². The van der Waals surface area contributed by atoms with Crippen LogP contribution in [0.25, 0.3) is 11.3 Å². The number of nitrogens with zero attached hydrogens (tertiary/aromatic N) is 2. The first-order valence-corrected chi connectivity index (χ1v) is 8.35. The van der Waals surface area contributed by atoms with Crippen molar-refractivity contribution in [2.45, 2.75) is 6.42 Å². The normalized spacial score (nSPS) is 10.8. The van der Waals surface area contributed by atoms with E-state index in [0.29, 0.717) is 22.8 Å². The van der Waals surface area contributed by atoms with Crippen LogP contribution in [0.5, 0.6) is 5.75 Å². The lowest BCUT2D eigenvalue weighted by Crippen LogP contribution is -2.19. The third kappa shape index (κ3) is 4.61. The predicted octanol–water partition coefficient (Wildman–Crippen LogP) is 3.56. The van der Waals surface area contributed by atoms with Gasteiger partial charge in [-0.3, -0.25) is 14.9 Å². The van der Waals surface area contributed by atoms with E-state index in [4.69, 9.17) is 9.15 Å². The summed E-state index contributed by atoms with van der Waals surface area (Å²) in [5.74, 6) is 0.952. The zero-order valence-corrected chi connectivity index (χ0v) is 15.0. The number of nitro benzene ring substituents is 1. The Hall–Kier alpha value is -3.94. The molecule has 0 saturated heterocycles. The van der Waals surface area contributed by atoms with Crippen molar-refractivity contribution in [1.82, 2.24) is 5.43 Å². The van der Waals surface area contributed by atoms with Crippen molar-refractivity contribution < 1.29 is 18.9 Å². The van der Waals surface area contributed by atoms with E-state index in [0.717, 1.165) is 5.56 Å². The number of carbonyl (C=O) groups is 1. The highest BCUT2D eigenvalue weighted by molar-refractivity contribution is 5.82. The van der Waals surface area contributed by atoms with Gasteiger partial charge in [0.2, 0.25) is 5.91 Å². The van der Waals surface area contributed by atoms with Gasteiger partial charge in [-0.2, -0.15) is 5.10 Å². The minimum Gasteiger partial charge on any atom is -0.496 e. The van der Waals surface area contributed by atoms with Gasteiger partial charge in [0.1, 0.15) is 17.3 Å². The minimum atomic E-state index is -0.495. The Morgan fingerprint density at radius 1 is 1.21 bits per heavy atom. The summed E-state index contributed by atoms with van der Waals surface area (Å²) in [6.07, 6.45) is 1.60. The molecule has 8 heteroatoms. The van der Waals surface area contributed by atoms with Crippen LogP contribution in [0.15, 0.2) is 70.2 Å². The quantitative estimate of drug-likeness (QED) is 0.384. The maximum atomic E-state index is 11.9. The smallest absolute Gasteiger partial charge is 0.273 e. The summed E-state index contributed by atoms with van der Waals surface area (Å²) in [5, 5.41) is 14.8. The lowest BCUT2D eigenvalue weighted by Gasteiger charge is -2.05. The highest BCUT2D eigenvalue weighted by atomic mass is 16.6. The van der Waals surface area contributed by atoms with Crippen molar-refractivity contribution in [2.24, 2.45) is 5.10 Å². The fraction of sp³-hybridized carbons (Fsp3) is 0.100. The molecule has 3 rings (SSSR count). The monoisotopic (exact) mass is 379 g/mol. The van der Waals surface area contributed by atoms with E-state index in [2.05, 4.69) is 10.5 Å². The van der Waals surface area contributed by atoms with Gasteiger partial charge in [-0.1, -0.05) is 30.3 Å². The number of furan rings is 1. The number of hydrogen-bond acceptors (Lipinski definition) is 6. The highest BCUT2D eigenvalue weighted by Crippen LogP contribution is 2.33. The Morgan fingerprint density at radius 3 is 2.71 bits per heavy atom. The number of hydrazone groups is 1. The standard InChI is InChI=1S/C20H17N3O5/c1-27-19-12-15(23(25)26)7-9-17(19)18-10-8-16(28-18)13-21-22-20(24)11-14-5-3-2-4-6-14/h2-10,12-13H,11H2,1H3,(H,22,24)/b21-13+. The van der Waals surface area contributed by atoms with Crippen molar-refractivity contribution in [3.63, 3.8) is 0 Å². The molecule has 0 radical (unpaired) electrons. The largest absolute Gasteiger partial charge is 0.496 e. The highest BCUT2D eigenvalue weighted by Gasteiger charge is 2.15. The number of non-ortho nitro benzene ring substituents is 1. The molecule has 8 nitrogen and oxygen atoms in total. The summed E-state index contributed by atoms with van der Waals surface area (Å²) in [5.41, 5.74) is 3.83. The number of nitro groups is 1. The fourth-order valence-corrected chi connectivity index (χ4v) is 2.55. The molecule has 0 aliphatic carbocycles. The number of rotatable bonds is 7. The molecule has 0 bridgehead atoms. The summed E-state index contributed by atoms with van der Waals surface area (Å²) in [6, 6.07) is 16.9. The predicted molar refractivity (Wildman–Crippen MR) is 103 cm³/mol. The van der Waals surface area contributed by atoms with Crippen molar-refractivity contribution in [2.75, 3.05) is 7.11 Å². The van der Waals surface area contributed by atoms with Gasteiger partial charge in [0.15, 0.2) is 0 Å². The maximum Gasteiger partial charge on any atom is 0.273 e. The molecule has 28 heavy (non-hydrogen) atoms. The van der Waals surface area contributed by atoms with Gasteiger partial charge in [-0.15, -0.1) is 0 Å². The Kier molecular flexibility index (Phi) is 5.81. The molecule has 2 aromatic carbocycles. The van der Waals surface area contributed by atoms with E-state index in [-0.39, 0.29) is 18.0 Å². The van der Waals surface area contributed by atoms with Crippen LogP contribution in [-0.2, 0) is 11.2 Å². The van der Waals surface area contributed by atoms with Crippen LogP contribution in [0.3, 0.4) is 0 Å². The van der Waals surface area contributed by atoms with Crippen LogP contribution in [-0.4, -0.2) is 24.2 Å². The van der Waals surface area contributed by atoms with Crippen molar-refractivity contribution in [3.8, 4) is 17.1 Å². The molecule has 0 aliphatic heterocycles. The molecule has 1 aromatic heterocycles. The van der Waals surface area contributed by atoms with Gasteiger partial charge in [0, 0.05) is 6.07 Å². The summed E-state index contributed by atoms with van der Waals surface area (Å²) < 4.78 is 10.9. The molecule has 0 saturated carbocycles. The second kappa shape index (κ2) is 8.63. The van der Waals surface area contributed by atoms with E-state index in [9.17, 15) is 14.9 Å². The van der Waals surface area contributed by atoms with E-state index in [1.165, 1.54) is 25.5 Å². The summed E-state index contributed by atoms with van der Waals surface area (Å²) in [7, 11) is 1.43. The number of benzene rings is 2. The minimum absolute atomic E-state index is 0.0740. The maximum absolute atomic E-state index is 11.9. The summed E-state index contributed by atoms with van der Waals surface area (Å²) >= 11 is 0. The molecular weight excluding hydrogens is 362 g/mol. The Balaban J connectivity index is 1.66. The zero-order valence-electron chi connectivity index (χ0n) is 15.0. The van der Waals surface area contributed by atoms with Gasteiger partial charge < -0.3 is 9.15 Å². The third-order valence-electron chi connectivity index (χ3n) is 3.88. The van der Waals surface area contributed by atoms with Crippen LogP contribution in [0, 0.1) is 10.1 Å². The molecule has 1 heterocycles. The molecule has 0 aliphatic rings. The number of ether oxygens (including phenoxy) is 1. The molecule has 0 unspecified atom stereocenters. The third-order valence-corrected chi connectivity index (χ3v) is 3.88. The van der Waals surface area contributed by atoms with Crippen LogP contribution in [0.2, 0.25) is 0 Å². The van der Waals surface area contributed by atoms with Gasteiger partial charge in [0.05, 0.1) is 36.3 Å². The molecule has 142 valence electrons. The summed E-state index contributed by atoms with van der Waals surface area (Å²) in [4.78, 5) is 22.3. The van der Waals surface area contributed by atoms with Crippen LogP contribution in [0.1, 0.15) is 11.3 Å². The lowest BCUT2D eigenvalue weighted by molar-refractivity contribution is -0.384. The topological polar surface area (TPSA) is 107 Å². The molecule has 1 N–H and O–H groups in total. The second-order valence-corrected chi connectivity index (χ2v) is 5.80. The number of hydrogen-bond donors (Lipinski definition) is 1. The zero-order chi connectivity index (χ0) is 19.9. The van der Waals surface area contributed by atoms with Gasteiger partial charge in [0.25, 0.3) is 5.69 Å². The van der Waals surface area contributed by atoms with Crippen LogP contribution in [0.4, 0.5) is 5.69 Å². The first kappa shape index (κ1) is 18.8. The van der Waals surface area contributed by atoms with E-state index in [1.54, 1.807) is 18.2 Å². The molecule has 0 fully saturated rings. The molecule has 1 amide bonds. The molecule has 0 spiro atoms. The molecular formula is C20H17N3O5. The van der Waals surface area contributed by atoms with Crippen molar-refractivity contribution >= 4 is 17.8 Å². The average molecular weight is 379 g/mol. The van der Waals surface area contributed by atoms with Crippen LogP contribution < -0.4 is 10.2 Å². The van der Waals surface area contributed by atoms with Gasteiger partial charge in [-0.05, 0) is 23.8 Å². The summed E-state index contributed by atoms with van der Waals surface area (Å²) in [6.45, 7) is 0. The number of amides is 1. The van der Waals surface area contributed by atoms with Crippen molar-refractivity contribution in [3.05, 3.63) is 82.1 Å².